The van der Waals surface area contributed by atoms with E-state index in [1.54, 1.807) is 0 Å². The zero-order chi connectivity index (χ0) is 17.9. The van der Waals surface area contributed by atoms with Crippen LogP contribution in [0.5, 0.6) is 0 Å². The fourth-order valence-electron chi connectivity index (χ4n) is 3.75. The Morgan fingerprint density at radius 2 is 1.58 bits per heavy atom. The van der Waals surface area contributed by atoms with Crippen LogP contribution in [0.25, 0.3) is 21.7 Å². The molecule has 0 atom stereocenters. The number of fused-ring (bicyclic) bond motifs is 2. The summed E-state index contributed by atoms with van der Waals surface area (Å²) in [7, 11) is 0. The SMILES string of the molecule is CCCCCc1[nH]c2ccccc2c1C(=O)c1cccc2ccccc12. The summed E-state index contributed by atoms with van der Waals surface area (Å²) in [4.78, 5) is 17.1. The number of para-hydroxylation sites is 1. The van der Waals surface area contributed by atoms with Gasteiger partial charge in [-0.1, -0.05) is 80.4 Å². The molecule has 0 radical (unpaired) electrons. The molecule has 0 aliphatic heterocycles. The largest absolute Gasteiger partial charge is 0.358 e. The summed E-state index contributed by atoms with van der Waals surface area (Å²) in [5.41, 5.74) is 3.73. The molecule has 0 bridgehead atoms. The Morgan fingerprint density at radius 1 is 0.846 bits per heavy atom. The molecule has 4 aromatic rings. The Bertz CT molecular complexity index is 1070. The molecule has 26 heavy (non-hydrogen) atoms. The molecule has 0 saturated carbocycles. The molecule has 0 fully saturated rings. The fraction of sp³-hybridized carbons (Fsp3) is 0.208. The molecule has 0 saturated heterocycles. The third-order valence-electron chi connectivity index (χ3n) is 5.08. The van der Waals surface area contributed by atoms with E-state index < -0.39 is 0 Å². The van der Waals surface area contributed by atoms with Crippen molar-refractivity contribution >= 4 is 27.5 Å². The average molecular weight is 341 g/mol. The van der Waals surface area contributed by atoms with E-state index in [4.69, 9.17) is 0 Å². The molecule has 2 nitrogen and oxygen atoms in total. The molecule has 0 amide bonds. The maximum Gasteiger partial charge on any atom is 0.196 e. The van der Waals surface area contributed by atoms with E-state index in [1.807, 2.05) is 48.5 Å². The van der Waals surface area contributed by atoms with Gasteiger partial charge in [0, 0.05) is 22.2 Å². The van der Waals surface area contributed by atoms with Gasteiger partial charge in [0.05, 0.1) is 5.56 Å². The van der Waals surface area contributed by atoms with E-state index in [0.717, 1.165) is 51.3 Å². The molecule has 130 valence electrons. The predicted octanol–water partition coefficient (Wildman–Crippen LogP) is 6.28. The van der Waals surface area contributed by atoms with Crippen molar-refractivity contribution in [1.29, 1.82) is 0 Å². The zero-order valence-corrected chi connectivity index (χ0v) is 15.1. The van der Waals surface area contributed by atoms with Crippen molar-refractivity contribution in [2.45, 2.75) is 32.6 Å². The Labute approximate surface area is 153 Å². The van der Waals surface area contributed by atoms with Crippen molar-refractivity contribution in [3.8, 4) is 0 Å². The lowest BCUT2D eigenvalue weighted by Crippen LogP contribution is -2.05. The minimum Gasteiger partial charge on any atom is -0.358 e. The summed E-state index contributed by atoms with van der Waals surface area (Å²) in [5, 5.41) is 3.15. The molecule has 4 rings (SSSR count). The lowest BCUT2D eigenvalue weighted by molar-refractivity contribution is 0.104. The van der Waals surface area contributed by atoms with Crippen LogP contribution in [0.3, 0.4) is 0 Å². The van der Waals surface area contributed by atoms with E-state index >= 15 is 0 Å². The number of benzene rings is 3. The Hall–Kier alpha value is -2.87. The van der Waals surface area contributed by atoms with Crippen LogP contribution in [-0.2, 0) is 6.42 Å². The zero-order valence-electron chi connectivity index (χ0n) is 15.1. The lowest BCUT2D eigenvalue weighted by atomic mass is 9.94. The van der Waals surface area contributed by atoms with E-state index in [1.165, 1.54) is 12.8 Å². The molecule has 0 aliphatic carbocycles. The first-order chi connectivity index (χ1) is 12.8. The third kappa shape index (κ3) is 2.92. The van der Waals surface area contributed by atoms with E-state index in [9.17, 15) is 4.79 Å². The van der Waals surface area contributed by atoms with Crippen LogP contribution in [0.4, 0.5) is 0 Å². The van der Waals surface area contributed by atoms with Gasteiger partial charge < -0.3 is 4.98 Å². The number of H-pyrrole nitrogens is 1. The van der Waals surface area contributed by atoms with Gasteiger partial charge in [0.15, 0.2) is 5.78 Å². The van der Waals surface area contributed by atoms with Crippen molar-refractivity contribution in [1.82, 2.24) is 4.98 Å². The number of carbonyl (C=O) groups excluding carboxylic acids is 1. The number of hydrogen-bond acceptors (Lipinski definition) is 1. The highest BCUT2D eigenvalue weighted by atomic mass is 16.1. The number of rotatable bonds is 6. The predicted molar refractivity (Wildman–Crippen MR) is 109 cm³/mol. The first-order valence-electron chi connectivity index (χ1n) is 9.41. The number of hydrogen-bond donors (Lipinski definition) is 1. The molecule has 2 heteroatoms. The topological polar surface area (TPSA) is 32.9 Å². The van der Waals surface area contributed by atoms with Crippen LogP contribution in [0.2, 0.25) is 0 Å². The summed E-state index contributed by atoms with van der Waals surface area (Å²) < 4.78 is 0. The van der Waals surface area contributed by atoms with Gasteiger partial charge in [0.1, 0.15) is 0 Å². The van der Waals surface area contributed by atoms with Gasteiger partial charge in [0.2, 0.25) is 0 Å². The number of carbonyl (C=O) groups is 1. The molecule has 0 spiro atoms. The maximum atomic E-state index is 13.6. The number of ketones is 1. The Balaban J connectivity index is 1.86. The van der Waals surface area contributed by atoms with Crippen LogP contribution in [-0.4, -0.2) is 10.8 Å². The number of aromatic nitrogens is 1. The van der Waals surface area contributed by atoms with Crippen LogP contribution in [0.1, 0.15) is 47.8 Å². The van der Waals surface area contributed by atoms with Gasteiger partial charge in [-0.3, -0.25) is 4.79 Å². The summed E-state index contributed by atoms with van der Waals surface area (Å²) in [6.07, 6.45) is 4.36. The van der Waals surface area contributed by atoms with Crippen molar-refractivity contribution in [2.24, 2.45) is 0 Å². The Morgan fingerprint density at radius 3 is 2.42 bits per heavy atom. The number of nitrogens with one attached hydrogen (secondary N) is 1. The van der Waals surface area contributed by atoms with Crippen molar-refractivity contribution in [3.05, 3.63) is 83.6 Å². The summed E-state index contributed by atoms with van der Waals surface area (Å²) in [6.45, 7) is 2.20. The summed E-state index contributed by atoms with van der Waals surface area (Å²) in [5.74, 6) is 0.116. The van der Waals surface area contributed by atoms with Crippen molar-refractivity contribution in [3.63, 3.8) is 0 Å². The Kier molecular flexibility index (Phi) is 4.57. The number of aryl methyl sites for hydroxylation is 1. The van der Waals surface area contributed by atoms with E-state index in [-0.39, 0.29) is 5.78 Å². The van der Waals surface area contributed by atoms with Gasteiger partial charge in [-0.25, -0.2) is 0 Å². The van der Waals surface area contributed by atoms with Crippen LogP contribution in [0, 0.1) is 0 Å². The fourth-order valence-corrected chi connectivity index (χ4v) is 3.75. The minimum atomic E-state index is 0.116. The molecule has 0 unspecified atom stereocenters. The van der Waals surface area contributed by atoms with Crippen LogP contribution >= 0.6 is 0 Å². The average Bonchev–Trinajstić information content (AvgIpc) is 3.05. The molecular formula is C24H23NO. The molecule has 1 N–H and O–H groups in total. The quantitative estimate of drug-likeness (QED) is 0.325. The lowest BCUT2D eigenvalue weighted by Gasteiger charge is -2.08. The van der Waals surface area contributed by atoms with E-state index in [0.29, 0.717) is 0 Å². The summed E-state index contributed by atoms with van der Waals surface area (Å²) >= 11 is 0. The van der Waals surface area contributed by atoms with Gasteiger partial charge >= 0.3 is 0 Å². The number of unbranched alkanes of at least 4 members (excludes halogenated alkanes) is 2. The van der Waals surface area contributed by atoms with E-state index in [2.05, 4.69) is 30.1 Å². The van der Waals surface area contributed by atoms with Crippen molar-refractivity contribution in [2.75, 3.05) is 0 Å². The second-order valence-electron chi connectivity index (χ2n) is 6.84. The van der Waals surface area contributed by atoms with Crippen molar-refractivity contribution < 1.29 is 4.79 Å². The molecular weight excluding hydrogens is 318 g/mol. The van der Waals surface area contributed by atoms with Gasteiger partial charge in [-0.05, 0) is 29.7 Å². The second kappa shape index (κ2) is 7.17. The van der Waals surface area contributed by atoms with Crippen LogP contribution < -0.4 is 0 Å². The molecule has 1 aromatic heterocycles. The first kappa shape index (κ1) is 16.6. The van der Waals surface area contributed by atoms with Gasteiger partial charge in [0.25, 0.3) is 0 Å². The second-order valence-corrected chi connectivity index (χ2v) is 6.84. The maximum absolute atomic E-state index is 13.6. The third-order valence-corrected chi connectivity index (χ3v) is 5.08. The van der Waals surface area contributed by atoms with Crippen LogP contribution in [0.15, 0.2) is 66.7 Å². The minimum absolute atomic E-state index is 0.116. The molecule has 0 aliphatic rings. The standard InChI is InChI=1S/C24H23NO/c1-2-3-4-16-22-23(20-13-7-8-15-21(20)25-22)24(26)19-14-9-11-17-10-5-6-12-18(17)19/h5-15,25H,2-4,16H2,1H3. The molecule has 3 aromatic carbocycles. The molecule has 1 heterocycles. The smallest absolute Gasteiger partial charge is 0.196 e. The highest BCUT2D eigenvalue weighted by Crippen LogP contribution is 2.29. The summed E-state index contributed by atoms with van der Waals surface area (Å²) in [6, 6.07) is 22.2. The highest BCUT2D eigenvalue weighted by molar-refractivity contribution is 6.22. The van der Waals surface area contributed by atoms with Gasteiger partial charge in [-0.15, -0.1) is 0 Å². The first-order valence-corrected chi connectivity index (χ1v) is 9.41. The number of aromatic amines is 1. The normalized spacial score (nSPS) is 11.3. The van der Waals surface area contributed by atoms with Gasteiger partial charge in [-0.2, -0.15) is 0 Å². The highest BCUT2D eigenvalue weighted by Gasteiger charge is 2.20. The monoisotopic (exact) mass is 341 g/mol.